The second kappa shape index (κ2) is 4.00. The molecule has 2 rings (SSSR count). The van der Waals surface area contributed by atoms with Gasteiger partial charge in [0.05, 0.1) is 28.7 Å². The van der Waals surface area contributed by atoms with Crippen LogP contribution in [-0.2, 0) is 10.8 Å². The summed E-state index contributed by atoms with van der Waals surface area (Å²) in [4.78, 5) is 13.9. The molecule has 1 atom stereocenters. The molecule has 2 aromatic rings. The summed E-state index contributed by atoms with van der Waals surface area (Å²) < 4.78 is 16.3. The number of rotatable bonds is 3. The Kier molecular flexibility index (Phi) is 2.70. The summed E-state index contributed by atoms with van der Waals surface area (Å²) in [5.41, 5.74) is 0.952. The van der Waals surface area contributed by atoms with Gasteiger partial charge in [0.2, 0.25) is 0 Å². The number of nitrogens with one attached hydrogen (secondary N) is 1. The zero-order valence-corrected chi connectivity index (χ0v) is 8.54. The van der Waals surface area contributed by atoms with Crippen LogP contribution >= 0.6 is 0 Å². The Morgan fingerprint density at radius 2 is 2.27 bits per heavy atom. The number of benzene rings is 1. The lowest BCUT2D eigenvalue weighted by Gasteiger charge is -1.98. The summed E-state index contributed by atoms with van der Waals surface area (Å²) in [5, 5.41) is 8.64. The number of oxazole rings is 1. The third-order valence-corrected chi connectivity index (χ3v) is 3.27. The van der Waals surface area contributed by atoms with E-state index in [-0.39, 0.29) is 12.4 Å². The van der Waals surface area contributed by atoms with Gasteiger partial charge >= 0.3 is 5.76 Å². The Balaban J connectivity index is 2.46. The molecule has 0 aliphatic carbocycles. The highest BCUT2D eigenvalue weighted by Gasteiger charge is 2.06. The lowest BCUT2D eigenvalue weighted by molar-refractivity contribution is 0.321. The molecule has 0 amide bonds. The summed E-state index contributed by atoms with van der Waals surface area (Å²) in [7, 11) is -1.26. The van der Waals surface area contributed by atoms with E-state index in [0.717, 1.165) is 0 Å². The number of hydrogen-bond donors (Lipinski definition) is 2. The van der Waals surface area contributed by atoms with Gasteiger partial charge in [0, 0.05) is 4.90 Å². The fourth-order valence-corrected chi connectivity index (χ4v) is 2.13. The Morgan fingerprint density at radius 1 is 1.47 bits per heavy atom. The Morgan fingerprint density at radius 3 is 3.00 bits per heavy atom. The van der Waals surface area contributed by atoms with E-state index < -0.39 is 16.6 Å². The van der Waals surface area contributed by atoms with Crippen LogP contribution in [0.5, 0.6) is 0 Å². The van der Waals surface area contributed by atoms with E-state index in [0.29, 0.717) is 16.0 Å². The SMILES string of the molecule is O=c1[nH]c2ccc(S(=O)CCO)cc2o1. The third-order valence-electron chi connectivity index (χ3n) is 1.93. The highest BCUT2D eigenvalue weighted by Crippen LogP contribution is 2.15. The first-order valence-corrected chi connectivity index (χ1v) is 5.65. The molecule has 0 bridgehead atoms. The molecule has 2 N–H and O–H groups in total. The lowest BCUT2D eigenvalue weighted by Crippen LogP contribution is -2.01. The van der Waals surface area contributed by atoms with Crippen LogP contribution in [-0.4, -0.2) is 26.7 Å². The van der Waals surface area contributed by atoms with Crippen molar-refractivity contribution >= 4 is 21.9 Å². The van der Waals surface area contributed by atoms with E-state index >= 15 is 0 Å². The van der Waals surface area contributed by atoms with Gasteiger partial charge in [-0.15, -0.1) is 0 Å². The molecule has 0 aliphatic rings. The predicted molar refractivity (Wildman–Crippen MR) is 55.2 cm³/mol. The van der Waals surface area contributed by atoms with Gasteiger partial charge in [-0.1, -0.05) is 0 Å². The van der Waals surface area contributed by atoms with E-state index in [4.69, 9.17) is 9.52 Å². The van der Waals surface area contributed by atoms with E-state index in [2.05, 4.69) is 4.98 Å². The van der Waals surface area contributed by atoms with Crippen molar-refractivity contribution in [3.05, 3.63) is 28.7 Å². The highest BCUT2D eigenvalue weighted by molar-refractivity contribution is 7.85. The molecule has 1 aromatic carbocycles. The molecule has 0 saturated carbocycles. The van der Waals surface area contributed by atoms with Gasteiger partial charge in [0.15, 0.2) is 5.58 Å². The van der Waals surface area contributed by atoms with Gasteiger partial charge in [0.25, 0.3) is 0 Å². The largest absolute Gasteiger partial charge is 0.417 e. The molecular weight excluding hydrogens is 218 g/mol. The number of aromatic nitrogens is 1. The number of hydrogen-bond acceptors (Lipinski definition) is 4. The molecule has 0 fully saturated rings. The smallest absolute Gasteiger partial charge is 0.408 e. The van der Waals surface area contributed by atoms with Gasteiger partial charge in [-0.2, -0.15) is 0 Å². The Hall–Kier alpha value is -1.40. The van der Waals surface area contributed by atoms with Gasteiger partial charge < -0.3 is 9.52 Å². The van der Waals surface area contributed by atoms with E-state index in [1.807, 2.05) is 0 Å². The molecule has 80 valence electrons. The van der Waals surface area contributed by atoms with Gasteiger partial charge in [-0.05, 0) is 18.2 Å². The van der Waals surface area contributed by atoms with Crippen LogP contribution in [0.2, 0.25) is 0 Å². The van der Waals surface area contributed by atoms with Crippen LogP contribution in [0.3, 0.4) is 0 Å². The first-order chi connectivity index (χ1) is 7.20. The third kappa shape index (κ3) is 2.00. The minimum Gasteiger partial charge on any atom is -0.408 e. The first kappa shape index (κ1) is 10.1. The molecule has 0 saturated heterocycles. The van der Waals surface area contributed by atoms with Crippen LogP contribution in [0.1, 0.15) is 0 Å². The van der Waals surface area contributed by atoms with Crippen LogP contribution in [0.25, 0.3) is 11.1 Å². The van der Waals surface area contributed by atoms with Crippen LogP contribution in [0, 0.1) is 0 Å². The van der Waals surface area contributed by atoms with Crippen molar-refractivity contribution in [1.82, 2.24) is 4.98 Å². The molecule has 1 heterocycles. The standard InChI is InChI=1S/C9H9NO4S/c11-3-4-15(13)6-1-2-7-8(5-6)14-9(12)10-7/h1-2,5,11H,3-4H2,(H,10,12). The number of H-pyrrole nitrogens is 1. The number of aliphatic hydroxyl groups is 1. The lowest BCUT2D eigenvalue weighted by atomic mass is 10.3. The summed E-state index contributed by atoms with van der Waals surface area (Å²) in [5.74, 6) is -0.352. The molecule has 0 spiro atoms. The summed E-state index contributed by atoms with van der Waals surface area (Å²) in [6, 6.07) is 4.81. The van der Waals surface area contributed by atoms with Crippen molar-refractivity contribution in [1.29, 1.82) is 0 Å². The Bertz CT molecular complexity index is 556. The van der Waals surface area contributed by atoms with Crippen molar-refractivity contribution in [3.8, 4) is 0 Å². The van der Waals surface area contributed by atoms with Crippen molar-refractivity contribution in [2.75, 3.05) is 12.4 Å². The monoisotopic (exact) mass is 227 g/mol. The molecule has 1 unspecified atom stereocenters. The molecule has 0 aliphatic heterocycles. The van der Waals surface area contributed by atoms with Crippen molar-refractivity contribution in [3.63, 3.8) is 0 Å². The number of aromatic amines is 1. The summed E-state index contributed by atoms with van der Waals surface area (Å²) >= 11 is 0. The molecule has 6 heteroatoms. The fourth-order valence-electron chi connectivity index (χ4n) is 1.27. The fraction of sp³-hybridized carbons (Fsp3) is 0.222. The average Bonchev–Trinajstić information content (AvgIpc) is 2.57. The Labute approximate surface area is 87.2 Å². The molecule has 15 heavy (non-hydrogen) atoms. The molecular formula is C9H9NO4S. The van der Waals surface area contributed by atoms with Crippen molar-refractivity contribution < 1.29 is 13.7 Å². The topological polar surface area (TPSA) is 83.3 Å². The second-order valence-corrected chi connectivity index (χ2v) is 4.52. The van der Waals surface area contributed by atoms with Gasteiger partial charge in [-0.3, -0.25) is 9.19 Å². The zero-order valence-electron chi connectivity index (χ0n) is 7.73. The van der Waals surface area contributed by atoms with E-state index in [1.165, 1.54) is 0 Å². The molecule has 0 radical (unpaired) electrons. The van der Waals surface area contributed by atoms with Gasteiger partial charge in [0.1, 0.15) is 0 Å². The summed E-state index contributed by atoms with van der Waals surface area (Å²) in [6.07, 6.45) is 0. The summed E-state index contributed by atoms with van der Waals surface area (Å²) in [6.45, 7) is -0.137. The van der Waals surface area contributed by atoms with E-state index in [1.54, 1.807) is 18.2 Å². The van der Waals surface area contributed by atoms with Gasteiger partial charge in [-0.25, -0.2) is 4.79 Å². The van der Waals surface area contributed by atoms with Crippen LogP contribution in [0.15, 0.2) is 32.3 Å². The van der Waals surface area contributed by atoms with Crippen molar-refractivity contribution in [2.24, 2.45) is 0 Å². The second-order valence-electron chi connectivity index (χ2n) is 2.95. The quantitative estimate of drug-likeness (QED) is 0.785. The molecule has 1 aromatic heterocycles. The highest BCUT2D eigenvalue weighted by atomic mass is 32.2. The maximum atomic E-state index is 11.5. The minimum atomic E-state index is -1.26. The number of fused-ring (bicyclic) bond motifs is 1. The normalized spacial score (nSPS) is 13.1. The average molecular weight is 227 g/mol. The van der Waals surface area contributed by atoms with Crippen LogP contribution < -0.4 is 5.76 Å². The molecule has 5 nitrogen and oxygen atoms in total. The maximum absolute atomic E-state index is 11.5. The van der Waals surface area contributed by atoms with E-state index in [9.17, 15) is 9.00 Å². The minimum absolute atomic E-state index is 0.137. The number of aliphatic hydroxyl groups excluding tert-OH is 1. The maximum Gasteiger partial charge on any atom is 0.417 e. The van der Waals surface area contributed by atoms with Crippen LogP contribution in [0.4, 0.5) is 0 Å². The van der Waals surface area contributed by atoms with Crippen molar-refractivity contribution in [2.45, 2.75) is 4.90 Å². The first-order valence-electron chi connectivity index (χ1n) is 4.33. The zero-order chi connectivity index (χ0) is 10.8. The predicted octanol–water partition coefficient (Wildman–Crippen LogP) is 0.221.